The van der Waals surface area contributed by atoms with Gasteiger partial charge in [-0.1, -0.05) is 112 Å². The minimum atomic E-state index is -0.931. The van der Waals surface area contributed by atoms with E-state index in [0.717, 1.165) is 16.7 Å². The van der Waals surface area contributed by atoms with E-state index in [1.807, 2.05) is 87.5 Å². The Morgan fingerprint density at radius 2 is 1.41 bits per heavy atom. The van der Waals surface area contributed by atoms with E-state index in [1.54, 1.807) is 31.3 Å². The summed E-state index contributed by atoms with van der Waals surface area (Å²) < 4.78 is 5.99. The Morgan fingerprint density at radius 3 is 1.96 bits per heavy atom. The number of ether oxygens (including phenoxy) is 1. The molecule has 3 atom stereocenters. The lowest BCUT2D eigenvalue weighted by molar-refractivity contribution is -0.146. The fourth-order valence-electron chi connectivity index (χ4n) is 5.69. The molecular formula is C39H49N5O5. The fraction of sp³-hybridized carbons (Fsp3) is 0.385. The highest BCUT2D eigenvalue weighted by Crippen LogP contribution is 2.29. The molecule has 1 heterocycles. The number of nitrogens with one attached hydrogen (secondary N) is 3. The van der Waals surface area contributed by atoms with Crippen molar-refractivity contribution in [2.24, 2.45) is 5.41 Å². The van der Waals surface area contributed by atoms with Gasteiger partial charge in [0.1, 0.15) is 12.1 Å². The Morgan fingerprint density at radius 1 is 0.837 bits per heavy atom. The Labute approximate surface area is 289 Å². The number of hydrogen-bond donors (Lipinski definition) is 3. The summed E-state index contributed by atoms with van der Waals surface area (Å²) >= 11 is 0. The quantitative estimate of drug-likeness (QED) is 0.224. The van der Waals surface area contributed by atoms with Gasteiger partial charge in [-0.2, -0.15) is 0 Å². The van der Waals surface area contributed by atoms with Gasteiger partial charge in [-0.25, -0.2) is 0 Å². The second-order valence-corrected chi connectivity index (χ2v) is 13.3. The molecule has 3 aromatic rings. The average molecular weight is 668 g/mol. The lowest BCUT2D eigenvalue weighted by atomic mass is 9.86. The Kier molecular flexibility index (Phi) is 13.3. The van der Waals surface area contributed by atoms with Crippen LogP contribution >= 0.6 is 0 Å². The molecule has 3 aromatic carbocycles. The highest BCUT2D eigenvalue weighted by Gasteiger charge is 2.37. The summed E-state index contributed by atoms with van der Waals surface area (Å²) in [5, 5.41) is 8.34. The van der Waals surface area contributed by atoms with Crippen molar-refractivity contribution in [2.45, 2.75) is 64.8 Å². The number of likely N-dealkylation sites (N-methyl/N-ethyl adjacent to an activating group) is 1. The number of hydrogen-bond acceptors (Lipinski definition) is 6. The van der Waals surface area contributed by atoms with Gasteiger partial charge in [-0.15, -0.1) is 0 Å². The van der Waals surface area contributed by atoms with Crippen molar-refractivity contribution in [2.75, 3.05) is 26.7 Å². The molecule has 4 rings (SSSR count). The lowest BCUT2D eigenvalue weighted by Crippen LogP contribution is -2.58. The van der Waals surface area contributed by atoms with Crippen LogP contribution in [0.15, 0.2) is 103 Å². The highest BCUT2D eigenvalue weighted by molar-refractivity contribution is 5.94. The van der Waals surface area contributed by atoms with E-state index >= 15 is 0 Å². The second kappa shape index (κ2) is 17.6. The molecule has 1 aliphatic rings. The Bertz CT molecular complexity index is 1520. The van der Waals surface area contributed by atoms with Crippen LogP contribution in [0.3, 0.4) is 0 Å². The molecule has 0 unspecified atom stereocenters. The van der Waals surface area contributed by atoms with E-state index in [1.165, 1.54) is 4.90 Å². The van der Waals surface area contributed by atoms with Crippen LogP contribution in [0.25, 0.3) is 0 Å². The number of rotatable bonds is 15. The monoisotopic (exact) mass is 667 g/mol. The molecule has 0 bridgehead atoms. The number of amides is 4. The van der Waals surface area contributed by atoms with Crippen molar-refractivity contribution in [3.05, 3.63) is 120 Å². The van der Waals surface area contributed by atoms with Crippen LogP contribution in [0.4, 0.5) is 0 Å². The Hall–Kier alpha value is -4.80. The van der Waals surface area contributed by atoms with Gasteiger partial charge in [-0.3, -0.25) is 19.2 Å². The van der Waals surface area contributed by atoms with E-state index in [0.29, 0.717) is 13.0 Å². The van der Waals surface area contributed by atoms with Crippen molar-refractivity contribution in [3.8, 4) is 0 Å². The first-order chi connectivity index (χ1) is 23.5. The standard InChI is InChI=1S/C39H49N5O5/c1-28(40-5)36(46)42-35(39(2,3)4)37(47)41-25-34(45)44-24-23-43(38(48)33(44)27-49-26-29-15-9-6-10-16-29)22-21-32(30-17-11-7-12-18-30)31-19-13-8-14-20-31/h6-20,23-24,28,32-33,35,40H,21-22,25-27H2,1-5H3,(H,41,47)(H,42,46)/t28-,33-,35+/m0/s1. The van der Waals surface area contributed by atoms with Crippen molar-refractivity contribution in [1.29, 1.82) is 0 Å². The van der Waals surface area contributed by atoms with E-state index in [4.69, 9.17) is 4.74 Å². The number of carbonyl (C=O) groups is 4. The van der Waals surface area contributed by atoms with Crippen LogP contribution in [0, 0.1) is 5.41 Å². The maximum atomic E-state index is 14.0. The van der Waals surface area contributed by atoms with Crippen molar-refractivity contribution in [1.82, 2.24) is 25.8 Å². The summed E-state index contributed by atoms with van der Waals surface area (Å²) in [5.74, 6) is -1.49. The topological polar surface area (TPSA) is 120 Å². The van der Waals surface area contributed by atoms with Crippen LogP contribution in [0.5, 0.6) is 0 Å². The van der Waals surface area contributed by atoms with Gasteiger partial charge >= 0.3 is 0 Å². The molecule has 0 saturated heterocycles. The van der Waals surface area contributed by atoms with Gasteiger partial charge in [0.2, 0.25) is 17.7 Å². The van der Waals surface area contributed by atoms with E-state index in [9.17, 15) is 19.2 Å². The third kappa shape index (κ3) is 10.3. The van der Waals surface area contributed by atoms with E-state index < -0.39 is 35.4 Å². The van der Waals surface area contributed by atoms with Gasteiger partial charge in [0.15, 0.2) is 0 Å². The maximum Gasteiger partial charge on any atom is 0.252 e. The largest absolute Gasteiger partial charge is 0.374 e. The summed E-state index contributed by atoms with van der Waals surface area (Å²) in [7, 11) is 1.66. The van der Waals surface area contributed by atoms with E-state index in [-0.39, 0.29) is 37.5 Å². The highest BCUT2D eigenvalue weighted by atomic mass is 16.5. The smallest absolute Gasteiger partial charge is 0.252 e. The normalized spacial score (nSPS) is 16.0. The zero-order valence-electron chi connectivity index (χ0n) is 29.1. The average Bonchev–Trinajstić information content (AvgIpc) is 3.11. The van der Waals surface area contributed by atoms with Gasteiger partial charge in [0.05, 0.1) is 25.8 Å². The molecule has 1 aliphatic heterocycles. The molecule has 0 aliphatic carbocycles. The first-order valence-corrected chi connectivity index (χ1v) is 16.8. The lowest BCUT2D eigenvalue weighted by Gasteiger charge is -2.36. The molecule has 3 N–H and O–H groups in total. The van der Waals surface area contributed by atoms with Gasteiger partial charge in [0, 0.05) is 24.9 Å². The van der Waals surface area contributed by atoms with Crippen LogP contribution < -0.4 is 16.0 Å². The molecule has 4 amide bonds. The van der Waals surface area contributed by atoms with Crippen molar-refractivity contribution in [3.63, 3.8) is 0 Å². The minimum absolute atomic E-state index is 0.0301. The minimum Gasteiger partial charge on any atom is -0.374 e. The molecule has 0 spiro atoms. The third-order valence-corrected chi connectivity index (χ3v) is 8.70. The molecule has 260 valence electrons. The summed E-state index contributed by atoms with van der Waals surface area (Å²) in [6.07, 6.45) is 3.88. The zero-order valence-corrected chi connectivity index (χ0v) is 29.1. The first kappa shape index (κ1) is 37.0. The third-order valence-electron chi connectivity index (χ3n) is 8.70. The van der Waals surface area contributed by atoms with Gasteiger partial charge in [0.25, 0.3) is 5.91 Å². The molecule has 0 radical (unpaired) electrons. The van der Waals surface area contributed by atoms with Crippen LogP contribution in [-0.4, -0.2) is 78.3 Å². The number of benzene rings is 3. The molecule has 10 heteroatoms. The number of nitrogens with zero attached hydrogens (tertiary/aromatic N) is 2. The predicted octanol–water partition coefficient (Wildman–Crippen LogP) is 4.19. The van der Waals surface area contributed by atoms with Crippen LogP contribution in [-0.2, 0) is 30.5 Å². The molecule has 49 heavy (non-hydrogen) atoms. The van der Waals surface area contributed by atoms with Crippen molar-refractivity contribution >= 4 is 23.6 Å². The summed E-state index contributed by atoms with van der Waals surface area (Å²) in [6.45, 7) is 7.52. The summed E-state index contributed by atoms with van der Waals surface area (Å²) in [6, 6.07) is 27.7. The van der Waals surface area contributed by atoms with Crippen molar-refractivity contribution < 1.29 is 23.9 Å². The molecule has 0 aromatic heterocycles. The van der Waals surface area contributed by atoms with Gasteiger partial charge in [-0.05, 0) is 42.5 Å². The van der Waals surface area contributed by atoms with E-state index in [2.05, 4.69) is 40.2 Å². The maximum absolute atomic E-state index is 14.0. The van der Waals surface area contributed by atoms with Crippen LogP contribution in [0.1, 0.15) is 56.7 Å². The number of carbonyl (C=O) groups excluding carboxylic acids is 4. The van der Waals surface area contributed by atoms with Gasteiger partial charge < -0.3 is 30.5 Å². The zero-order chi connectivity index (χ0) is 35.4. The Balaban J connectivity index is 1.49. The molecule has 0 fully saturated rings. The predicted molar refractivity (Wildman–Crippen MR) is 190 cm³/mol. The fourth-order valence-corrected chi connectivity index (χ4v) is 5.69. The summed E-state index contributed by atoms with van der Waals surface area (Å²) in [5.41, 5.74) is 2.63. The SMILES string of the molecule is CN[C@@H](C)C(=O)N[C@H](C(=O)NCC(=O)N1C=CN(CCC(c2ccccc2)c2ccccc2)C(=O)[C@@H]1COCc1ccccc1)C(C)(C)C. The molecule has 10 nitrogen and oxygen atoms in total. The molecular weight excluding hydrogens is 618 g/mol. The summed E-state index contributed by atoms with van der Waals surface area (Å²) in [4.78, 5) is 56.5. The van der Waals surface area contributed by atoms with Crippen LogP contribution in [0.2, 0.25) is 0 Å². The first-order valence-electron chi connectivity index (χ1n) is 16.8. The second-order valence-electron chi connectivity index (χ2n) is 13.3. The molecule has 0 saturated carbocycles.